The van der Waals surface area contributed by atoms with Crippen LogP contribution in [0, 0.1) is 5.92 Å². The molecule has 3 rings (SSSR count). The molecule has 1 aliphatic carbocycles. The Labute approximate surface area is 151 Å². The van der Waals surface area contributed by atoms with Crippen molar-refractivity contribution in [3.8, 4) is 5.75 Å². The van der Waals surface area contributed by atoms with Gasteiger partial charge in [-0.3, -0.25) is 4.79 Å². The van der Waals surface area contributed by atoms with Gasteiger partial charge in [0.2, 0.25) is 5.91 Å². The van der Waals surface area contributed by atoms with E-state index in [-0.39, 0.29) is 5.91 Å². The summed E-state index contributed by atoms with van der Waals surface area (Å²) in [5, 5.41) is 3.59. The lowest BCUT2D eigenvalue weighted by atomic mass is 9.96. The fourth-order valence-electron chi connectivity index (χ4n) is 3.41. The summed E-state index contributed by atoms with van der Waals surface area (Å²) in [6.45, 7) is 0. The van der Waals surface area contributed by atoms with Gasteiger partial charge in [0, 0.05) is 17.4 Å². The van der Waals surface area contributed by atoms with E-state index < -0.39 is 0 Å². The van der Waals surface area contributed by atoms with Crippen molar-refractivity contribution >= 4 is 27.5 Å². The molecule has 0 heterocycles. The highest BCUT2D eigenvalue weighted by molar-refractivity contribution is 9.09. The van der Waals surface area contributed by atoms with Gasteiger partial charge in [-0.1, -0.05) is 40.2 Å². The molecule has 1 amide bonds. The summed E-state index contributed by atoms with van der Waals surface area (Å²) in [5.41, 5.74) is 4.95. The van der Waals surface area contributed by atoms with Crippen molar-refractivity contribution in [1.29, 1.82) is 0 Å². The largest absolute Gasteiger partial charge is 0.496 e. The predicted octanol–water partition coefficient (Wildman–Crippen LogP) is 4.38. The van der Waals surface area contributed by atoms with E-state index in [2.05, 4.69) is 45.5 Å². The lowest BCUT2D eigenvalue weighted by molar-refractivity contribution is -0.115. The van der Waals surface area contributed by atoms with Crippen LogP contribution in [0.25, 0.3) is 0 Å². The van der Waals surface area contributed by atoms with Crippen molar-refractivity contribution < 1.29 is 9.53 Å². The fourth-order valence-corrected chi connectivity index (χ4v) is 3.77. The summed E-state index contributed by atoms with van der Waals surface area (Å²) in [6, 6.07) is 14.5. The molecule has 0 saturated heterocycles. The highest BCUT2D eigenvalue weighted by atomic mass is 79.9. The van der Waals surface area contributed by atoms with Crippen LogP contribution < -0.4 is 10.1 Å². The molecule has 1 N–H and O–H groups in total. The molecule has 2 aromatic rings. The lowest BCUT2D eigenvalue weighted by Gasteiger charge is -2.10. The second-order valence-electron chi connectivity index (χ2n) is 6.26. The van der Waals surface area contributed by atoms with Crippen molar-refractivity contribution in [2.24, 2.45) is 5.92 Å². The maximum Gasteiger partial charge on any atom is 0.225 e. The van der Waals surface area contributed by atoms with Crippen LogP contribution in [0.5, 0.6) is 5.75 Å². The molecule has 0 radical (unpaired) electrons. The van der Waals surface area contributed by atoms with Crippen LogP contribution in [-0.4, -0.2) is 18.3 Å². The second kappa shape index (κ2) is 7.84. The number of ether oxygens (including phenoxy) is 1. The van der Waals surface area contributed by atoms with E-state index in [9.17, 15) is 4.79 Å². The zero-order chi connectivity index (χ0) is 16.9. The minimum absolute atomic E-state index is 0.0398. The van der Waals surface area contributed by atoms with Crippen LogP contribution in [0.2, 0.25) is 0 Å². The van der Waals surface area contributed by atoms with Crippen molar-refractivity contribution in [2.75, 3.05) is 17.8 Å². The van der Waals surface area contributed by atoms with Gasteiger partial charge in [0.05, 0.1) is 7.11 Å². The van der Waals surface area contributed by atoms with Crippen molar-refractivity contribution in [3.05, 3.63) is 59.2 Å². The summed E-state index contributed by atoms with van der Waals surface area (Å²) < 4.78 is 5.48. The number of rotatable bonds is 6. The third-order valence-electron chi connectivity index (χ3n) is 4.53. The molecule has 24 heavy (non-hydrogen) atoms. The molecule has 2 aromatic carbocycles. The fraction of sp³-hybridized carbons (Fsp3) is 0.350. The van der Waals surface area contributed by atoms with Crippen LogP contribution in [0.3, 0.4) is 0 Å². The molecular formula is C20H22BrNO2. The number of anilines is 1. The molecule has 1 unspecified atom stereocenters. The zero-order valence-electron chi connectivity index (χ0n) is 13.8. The first kappa shape index (κ1) is 17.0. The summed E-state index contributed by atoms with van der Waals surface area (Å²) >= 11 is 3.28. The normalized spacial score (nSPS) is 15.8. The third kappa shape index (κ3) is 3.99. The topological polar surface area (TPSA) is 38.3 Å². The van der Waals surface area contributed by atoms with E-state index in [4.69, 9.17) is 4.74 Å². The Morgan fingerprint density at radius 3 is 2.71 bits per heavy atom. The van der Waals surface area contributed by atoms with Crippen LogP contribution in [0.4, 0.5) is 5.69 Å². The number of fused-ring (bicyclic) bond motifs is 1. The van der Waals surface area contributed by atoms with E-state index >= 15 is 0 Å². The molecule has 0 spiro atoms. The first-order valence-electron chi connectivity index (χ1n) is 8.29. The summed E-state index contributed by atoms with van der Waals surface area (Å²) in [6.07, 6.45) is 3.72. The monoisotopic (exact) mass is 387 g/mol. The van der Waals surface area contributed by atoms with Gasteiger partial charge in [-0.05, 0) is 60.1 Å². The number of hydrogen-bond acceptors (Lipinski definition) is 2. The van der Waals surface area contributed by atoms with E-state index in [1.54, 1.807) is 7.11 Å². The Balaban J connectivity index is 1.60. The highest BCUT2D eigenvalue weighted by Gasteiger charge is 2.24. The van der Waals surface area contributed by atoms with Crippen molar-refractivity contribution in [3.63, 3.8) is 0 Å². The Kier molecular flexibility index (Phi) is 5.56. The number of carbonyl (C=O) groups excluding carboxylic acids is 1. The van der Waals surface area contributed by atoms with E-state index in [0.29, 0.717) is 17.7 Å². The SMILES string of the molecule is COc1cccc2c1CC(Cc1ccc(NC(=O)CCBr)cc1)C2. The number of methoxy groups -OCH3 is 1. The van der Waals surface area contributed by atoms with Gasteiger partial charge in [-0.2, -0.15) is 0 Å². The maximum atomic E-state index is 11.6. The first-order valence-corrected chi connectivity index (χ1v) is 9.41. The van der Waals surface area contributed by atoms with Gasteiger partial charge >= 0.3 is 0 Å². The Bertz CT molecular complexity index is 712. The summed E-state index contributed by atoms with van der Waals surface area (Å²) in [4.78, 5) is 11.6. The molecule has 1 aliphatic rings. The lowest BCUT2D eigenvalue weighted by Crippen LogP contribution is -2.11. The quantitative estimate of drug-likeness (QED) is 0.746. The molecule has 0 fully saturated rings. The van der Waals surface area contributed by atoms with Crippen LogP contribution >= 0.6 is 15.9 Å². The number of benzene rings is 2. The average Bonchev–Trinajstić information content (AvgIpc) is 2.99. The van der Waals surface area contributed by atoms with Gasteiger partial charge < -0.3 is 10.1 Å². The van der Waals surface area contributed by atoms with Gasteiger partial charge in [0.25, 0.3) is 0 Å². The Morgan fingerprint density at radius 2 is 2.00 bits per heavy atom. The zero-order valence-corrected chi connectivity index (χ0v) is 15.4. The van der Waals surface area contributed by atoms with Crippen molar-refractivity contribution in [2.45, 2.75) is 25.7 Å². The Hall–Kier alpha value is -1.81. The molecule has 126 valence electrons. The molecule has 4 heteroatoms. The van der Waals surface area contributed by atoms with Gasteiger partial charge in [0.15, 0.2) is 0 Å². The number of amides is 1. The molecule has 0 saturated carbocycles. The van der Waals surface area contributed by atoms with Crippen molar-refractivity contribution in [1.82, 2.24) is 0 Å². The third-order valence-corrected chi connectivity index (χ3v) is 4.93. The number of carbonyl (C=O) groups is 1. The molecule has 1 atom stereocenters. The number of nitrogens with one attached hydrogen (secondary N) is 1. The minimum Gasteiger partial charge on any atom is -0.496 e. The van der Waals surface area contributed by atoms with Gasteiger partial charge in [0.1, 0.15) is 5.75 Å². The van der Waals surface area contributed by atoms with Crippen LogP contribution in [0.15, 0.2) is 42.5 Å². The highest BCUT2D eigenvalue weighted by Crippen LogP contribution is 2.35. The standard InChI is InChI=1S/C20H22BrNO2/c1-24-19-4-2-3-16-12-15(13-18(16)19)11-14-5-7-17(8-6-14)22-20(23)9-10-21/h2-8,15H,9-13H2,1H3,(H,22,23). The predicted molar refractivity (Wildman–Crippen MR) is 101 cm³/mol. The van der Waals surface area contributed by atoms with E-state index in [0.717, 1.165) is 30.7 Å². The molecule has 0 bridgehead atoms. The van der Waals surface area contributed by atoms with E-state index in [1.807, 2.05) is 18.2 Å². The van der Waals surface area contributed by atoms with E-state index in [1.165, 1.54) is 16.7 Å². The molecule has 0 aromatic heterocycles. The first-order chi connectivity index (χ1) is 11.7. The summed E-state index contributed by atoms with van der Waals surface area (Å²) in [7, 11) is 1.74. The van der Waals surface area contributed by atoms with Crippen LogP contribution in [-0.2, 0) is 24.1 Å². The second-order valence-corrected chi connectivity index (χ2v) is 7.05. The number of alkyl halides is 1. The van der Waals surface area contributed by atoms with Gasteiger partial charge in [-0.15, -0.1) is 0 Å². The summed E-state index contributed by atoms with van der Waals surface area (Å²) in [5.74, 6) is 1.67. The number of hydrogen-bond donors (Lipinski definition) is 1. The maximum absolute atomic E-state index is 11.6. The molecular weight excluding hydrogens is 366 g/mol. The Morgan fingerprint density at radius 1 is 1.21 bits per heavy atom. The average molecular weight is 388 g/mol. The molecule has 0 aliphatic heterocycles. The molecule has 3 nitrogen and oxygen atoms in total. The van der Waals surface area contributed by atoms with Crippen LogP contribution in [0.1, 0.15) is 23.1 Å². The van der Waals surface area contributed by atoms with Gasteiger partial charge in [-0.25, -0.2) is 0 Å². The smallest absolute Gasteiger partial charge is 0.225 e. The minimum atomic E-state index is 0.0398. The number of halogens is 1.